The number of hydrogen-bond acceptors (Lipinski definition) is 0. The van der Waals surface area contributed by atoms with E-state index in [1.54, 1.807) is 0 Å². The first-order chi connectivity index (χ1) is 20.6. The molecule has 0 atom stereocenters. The normalized spacial score (nSPS) is 12.0. The largest absolute Gasteiger partial charge is 0.0622 e. The van der Waals surface area contributed by atoms with Crippen LogP contribution < -0.4 is 0 Å². The summed E-state index contributed by atoms with van der Waals surface area (Å²) in [6.07, 6.45) is 0. The minimum absolute atomic E-state index is 1.26. The van der Waals surface area contributed by atoms with E-state index in [1.807, 2.05) is 0 Å². The minimum atomic E-state index is 1.26. The molecule has 0 radical (unpaired) electrons. The lowest BCUT2D eigenvalue weighted by molar-refractivity contribution is 1.50. The van der Waals surface area contributed by atoms with Crippen LogP contribution in [0, 0.1) is 13.8 Å². The Morgan fingerprint density at radius 3 is 1.98 bits per heavy atom. The molecule has 1 aliphatic rings. The van der Waals surface area contributed by atoms with Gasteiger partial charge in [-0.15, -0.1) is 0 Å². The molecule has 0 spiro atoms. The second-order valence-corrected chi connectivity index (χ2v) is 11.9. The van der Waals surface area contributed by atoms with Crippen molar-refractivity contribution in [1.29, 1.82) is 0 Å². The van der Waals surface area contributed by atoms with E-state index in [4.69, 9.17) is 0 Å². The van der Waals surface area contributed by atoms with Gasteiger partial charge in [0.1, 0.15) is 0 Å². The predicted molar refractivity (Wildman–Crippen MR) is 181 cm³/mol. The lowest BCUT2D eigenvalue weighted by Gasteiger charge is -2.16. The molecule has 8 aromatic carbocycles. The van der Waals surface area contributed by atoms with Crippen LogP contribution in [-0.4, -0.2) is 0 Å². The Bertz CT molecular complexity index is 2410. The molecular formula is C42H28. The quantitative estimate of drug-likeness (QED) is 0.194. The monoisotopic (exact) mass is 532 g/mol. The summed E-state index contributed by atoms with van der Waals surface area (Å²) in [5.74, 6) is 0. The van der Waals surface area contributed by atoms with Crippen LogP contribution >= 0.6 is 0 Å². The van der Waals surface area contributed by atoms with Gasteiger partial charge in [-0.25, -0.2) is 0 Å². The Labute approximate surface area is 245 Å². The van der Waals surface area contributed by atoms with Gasteiger partial charge in [0.15, 0.2) is 0 Å². The maximum atomic E-state index is 2.48. The first kappa shape index (κ1) is 23.5. The summed E-state index contributed by atoms with van der Waals surface area (Å²) in [4.78, 5) is 0. The van der Waals surface area contributed by atoms with E-state index >= 15 is 0 Å². The van der Waals surface area contributed by atoms with Crippen LogP contribution in [-0.2, 0) is 0 Å². The second kappa shape index (κ2) is 8.65. The van der Waals surface area contributed by atoms with Gasteiger partial charge < -0.3 is 0 Å². The third-order valence-electron chi connectivity index (χ3n) is 9.34. The fraction of sp³-hybridized carbons (Fsp3) is 0.0476. The molecule has 0 heterocycles. The molecule has 42 heavy (non-hydrogen) atoms. The summed E-state index contributed by atoms with van der Waals surface area (Å²) in [5, 5.41) is 10.6. The highest BCUT2D eigenvalue weighted by Crippen LogP contribution is 2.53. The molecular weight excluding hydrogens is 504 g/mol. The molecule has 0 nitrogen and oxygen atoms in total. The van der Waals surface area contributed by atoms with Crippen molar-refractivity contribution in [3.63, 3.8) is 0 Å². The van der Waals surface area contributed by atoms with Gasteiger partial charge in [0.05, 0.1) is 0 Å². The van der Waals surface area contributed by atoms with Gasteiger partial charge in [-0.1, -0.05) is 115 Å². The Morgan fingerprint density at radius 1 is 0.357 bits per heavy atom. The van der Waals surface area contributed by atoms with E-state index in [0.717, 1.165) is 0 Å². The summed E-state index contributed by atoms with van der Waals surface area (Å²) < 4.78 is 0. The fourth-order valence-corrected chi connectivity index (χ4v) is 7.32. The summed E-state index contributed by atoms with van der Waals surface area (Å²) >= 11 is 0. The van der Waals surface area contributed by atoms with Crippen LogP contribution in [0.5, 0.6) is 0 Å². The zero-order valence-corrected chi connectivity index (χ0v) is 23.7. The van der Waals surface area contributed by atoms with E-state index in [1.165, 1.54) is 98.7 Å². The lowest BCUT2D eigenvalue weighted by atomic mass is 9.87. The van der Waals surface area contributed by atoms with Crippen molar-refractivity contribution in [2.45, 2.75) is 13.8 Å². The van der Waals surface area contributed by atoms with Crippen LogP contribution in [0.4, 0.5) is 0 Å². The van der Waals surface area contributed by atoms with Gasteiger partial charge in [-0.3, -0.25) is 0 Å². The molecule has 1 aliphatic carbocycles. The van der Waals surface area contributed by atoms with Gasteiger partial charge in [0.2, 0.25) is 0 Å². The average Bonchev–Trinajstić information content (AvgIpc) is 3.36. The first-order valence-electron chi connectivity index (χ1n) is 14.8. The van der Waals surface area contributed by atoms with Crippen LogP contribution in [0.2, 0.25) is 0 Å². The van der Waals surface area contributed by atoms with Gasteiger partial charge in [0, 0.05) is 0 Å². The molecule has 0 heteroatoms. The molecule has 9 rings (SSSR count). The molecule has 0 unspecified atom stereocenters. The molecule has 196 valence electrons. The smallest absolute Gasteiger partial charge is 0.00172 e. The molecule has 0 fully saturated rings. The van der Waals surface area contributed by atoms with E-state index < -0.39 is 0 Å². The number of fused-ring (bicyclic) bond motifs is 8. The van der Waals surface area contributed by atoms with Crippen LogP contribution in [0.15, 0.2) is 133 Å². The zero-order chi connectivity index (χ0) is 27.9. The van der Waals surface area contributed by atoms with E-state index in [9.17, 15) is 0 Å². The molecule has 0 aliphatic heterocycles. The third-order valence-corrected chi connectivity index (χ3v) is 9.34. The summed E-state index contributed by atoms with van der Waals surface area (Å²) in [6, 6.07) is 49.9. The highest BCUT2D eigenvalue weighted by Gasteiger charge is 2.26. The number of rotatable bonds is 2. The molecule has 0 saturated heterocycles. The van der Waals surface area contributed by atoms with Crippen molar-refractivity contribution < 1.29 is 0 Å². The van der Waals surface area contributed by atoms with Crippen LogP contribution in [0.1, 0.15) is 11.1 Å². The van der Waals surface area contributed by atoms with Crippen molar-refractivity contribution in [3.8, 4) is 44.5 Å². The molecule has 8 aromatic rings. The Kier molecular flexibility index (Phi) is 4.84. The lowest BCUT2D eigenvalue weighted by Crippen LogP contribution is -1.89. The fourth-order valence-electron chi connectivity index (χ4n) is 7.32. The molecule has 0 saturated carbocycles. The van der Waals surface area contributed by atoms with Gasteiger partial charge >= 0.3 is 0 Å². The van der Waals surface area contributed by atoms with Gasteiger partial charge in [-0.2, -0.15) is 0 Å². The van der Waals surface area contributed by atoms with E-state index in [-0.39, 0.29) is 0 Å². The van der Waals surface area contributed by atoms with Crippen molar-refractivity contribution >= 4 is 43.1 Å². The average molecular weight is 533 g/mol. The minimum Gasteiger partial charge on any atom is -0.0622 e. The molecule has 0 bridgehead atoms. The second-order valence-electron chi connectivity index (χ2n) is 11.9. The maximum Gasteiger partial charge on any atom is -0.00172 e. The zero-order valence-electron chi connectivity index (χ0n) is 23.7. The van der Waals surface area contributed by atoms with Crippen molar-refractivity contribution in [2.75, 3.05) is 0 Å². The van der Waals surface area contributed by atoms with Crippen molar-refractivity contribution in [3.05, 3.63) is 145 Å². The number of aryl methyl sites for hydroxylation is 2. The summed E-state index contributed by atoms with van der Waals surface area (Å²) in [7, 11) is 0. The molecule has 0 aromatic heterocycles. The van der Waals surface area contributed by atoms with Crippen LogP contribution in [0.25, 0.3) is 87.6 Å². The number of benzene rings is 8. The third kappa shape index (κ3) is 3.30. The predicted octanol–water partition coefficient (Wildman–Crippen LogP) is 11.9. The Hall–Kier alpha value is -5.20. The summed E-state index contributed by atoms with van der Waals surface area (Å²) in [5.41, 5.74) is 13.1. The van der Waals surface area contributed by atoms with Crippen molar-refractivity contribution in [2.24, 2.45) is 0 Å². The standard InChI is InChI=1S/C42H28/c1-25-12-17-32-36(20-25)35(31-15-14-28-10-6-7-11-29(28)21-31)23-39-34-18-13-26(2)41-33-19-16-30(27-8-4-3-5-9-27)22-37(33)40(42(34)41)24-38(32)39/h3-24H,1-2H3. The topological polar surface area (TPSA) is 0 Å². The summed E-state index contributed by atoms with van der Waals surface area (Å²) in [6.45, 7) is 4.46. The SMILES string of the molecule is Cc1ccc2c(c1)c(-c1ccc3ccccc3c1)cc1c3ccc(C)c4c3c(cc21)-c1cc(-c2ccccc2)ccc1-4. The highest BCUT2D eigenvalue weighted by molar-refractivity contribution is 6.29. The highest BCUT2D eigenvalue weighted by atomic mass is 14.3. The number of hydrogen-bond donors (Lipinski definition) is 0. The van der Waals surface area contributed by atoms with E-state index in [2.05, 4.69) is 147 Å². The Balaban J connectivity index is 1.39. The molecule has 0 amide bonds. The van der Waals surface area contributed by atoms with Gasteiger partial charge in [0.25, 0.3) is 0 Å². The Morgan fingerprint density at radius 2 is 1.10 bits per heavy atom. The molecule has 0 N–H and O–H groups in total. The van der Waals surface area contributed by atoms with Gasteiger partial charge in [-0.05, 0) is 131 Å². The van der Waals surface area contributed by atoms with E-state index in [0.29, 0.717) is 0 Å². The van der Waals surface area contributed by atoms with Crippen molar-refractivity contribution in [1.82, 2.24) is 0 Å². The maximum absolute atomic E-state index is 2.48. The first-order valence-corrected chi connectivity index (χ1v) is 14.8. The van der Waals surface area contributed by atoms with Crippen LogP contribution in [0.3, 0.4) is 0 Å².